The smallest absolute Gasteiger partial charge is 0.170 e. The van der Waals surface area contributed by atoms with E-state index in [1.165, 1.54) is 12.1 Å². The summed E-state index contributed by atoms with van der Waals surface area (Å²) in [6.45, 7) is 1.49. The van der Waals surface area contributed by atoms with Crippen LogP contribution in [0.4, 0.5) is 4.39 Å². The fourth-order valence-corrected chi connectivity index (χ4v) is 4.51. The fourth-order valence-electron chi connectivity index (χ4n) is 4.20. The number of halogens is 1. The maximum atomic E-state index is 13.3. The van der Waals surface area contributed by atoms with Crippen LogP contribution in [0.2, 0.25) is 0 Å². The van der Waals surface area contributed by atoms with Crippen LogP contribution in [0.5, 0.6) is 0 Å². The van der Waals surface area contributed by atoms with Gasteiger partial charge in [-0.15, -0.1) is 0 Å². The molecule has 2 saturated heterocycles. The van der Waals surface area contributed by atoms with E-state index in [9.17, 15) is 4.39 Å². The van der Waals surface area contributed by atoms with Gasteiger partial charge in [0, 0.05) is 24.9 Å². The molecule has 0 amide bonds. The van der Waals surface area contributed by atoms with Crippen molar-refractivity contribution >= 4 is 17.3 Å². The van der Waals surface area contributed by atoms with Crippen molar-refractivity contribution in [2.24, 2.45) is 0 Å². The molecule has 7 heteroatoms. The van der Waals surface area contributed by atoms with Crippen LogP contribution in [0.1, 0.15) is 36.4 Å². The van der Waals surface area contributed by atoms with Gasteiger partial charge in [-0.25, -0.2) is 4.39 Å². The summed E-state index contributed by atoms with van der Waals surface area (Å²) in [6.07, 6.45) is 4.04. The number of pyridine rings is 1. The Hall–Kier alpha value is -2.77. The first kappa shape index (κ1) is 19.2. The van der Waals surface area contributed by atoms with Crippen molar-refractivity contribution in [2.45, 2.75) is 31.0 Å². The lowest BCUT2D eigenvalue weighted by Gasteiger charge is -2.28. The molecule has 2 fully saturated rings. The number of hydrogen-bond donors (Lipinski definition) is 1. The van der Waals surface area contributed by atoms with E-state index in [1.807, 2.05) is 30.3 Å². The first-order valence-corrected chi connectivity index (χ1v) is 10.6. The summed E-state index contributed by atoms with van der Waals surface area (Å²) in [5, 5.41) is 4.10. The average Bonchev–Trinajstić information content (AvgIpc) is 3.51. The maximum Gasteiger partial charge on any atom is 0.170 e. The van der Waals surface area contributed by atoms with Gasteiger partial charge in [0.15, 0.2) is 5.11 Å². The van der Waals surface area contributed by atoms with Crippen molar-refractivity contribution in [1.82, 2.24) is 15.2 Å². The van der Waals surface area contributed by atoms with Crippen LogP contribution in [0.25, 0.3) is 11.3 Å². The highest BCUT2D eigenvalue weighted by Crippen LogP contribution is 2.41. The molecule has 2 aromatic heterocycles. The third kappa shape index (κ3) is 3.70. The molecular formula is C23H22FN3O2S. The van der Waals surface area contributed by atoms with Gasteiger partial charge in [0.1, 0.15) is 23.4 Å². The number of benzene rings is 1. The average molecular weight is 424 g/mol. The van der Waals surface area contributed by atoms with Crippen LogP contribution >= 0.6 is 12.2 Å². The maximum absolute atomic E-state index is 13.3. The third-order valence-electron chi connectivity index (χ3n) is 5.67. The molecule has 4 heterocycles. The zero-order chi connectivity index (χ0) is 20.5. The minimum atomic E-state index is -0.270. The van der Waals surface area contributed by atoms with E-state index in [0.717, 1.165) is 36.5 Å². The predicted molar refractivity (Wildman–Crippen MR) is 115 cm³/mol. The van der Waals surface area contributed by atoms with Crippen molar-refractivity contribution in [3.8, 4) is 11.3 Å². The summed E-state index contributed by atoms with van der Waals surface area (Å²) in [4.78, 5) is 6.70. The van der Waals surface area contributed by atoms with Crippen molar-refractivity contribution in [2.75, 3.05) is 13.2 Å². The van der Waals surface area contributed by atoms with Gasteiger partial charge in [-0.05, 0) is 73.6 Å². The number of nitrogens with zero attached hydrogens (tertiary/aromatic N) is 2. The highest BCUT2D eigenvalue weighted by molar-refractivity contribution is 7.80. The first-order valence-electron chi connectivity index (χ1n) is 10.1. The van der Waals surface area contributed by atoms with Gasteiger partial charge in [0.25, 0.3) is 0 Å². The van der Waals surface area contributed by atoms with Gasteiger partial charge in [-0.3, -0.25) is 4.98 Å². The first-order chi connectivity index (χ1) is 14.7. The Kier molecular flexibility index (Phi) is 5.23. The lowest BCUT2D eigenvalue weighted by atomic mass is 10.0. The van der Waals surface area contributed by atoms with Gasteiger partial charge in [0.05, 0.1) is 17.8 Å². The fraction of sp³-hybridized carbons (Fsp3) is 0.304. The minimum Gasteiger partial charge on any atom is -0.459 e. The van der Waals surface area contributed by atoms with Crippen molar-refractivity contribution in [3.63, 3.8) is 0 Å². The summed E-state index contributed by atoms with van der Waals surface area (Å²) in [5.41, 5.74) is 1.73. The van der Waals surface area contributed by atoms with Gasteiger partial charge >= 0.3 is 0 Å². The Morgan fingerprint density at radius 3 is 2.73 bits per heavy atom. The largest absolute Gasteiger partial charge is 0.459 e. The molecule has 5 rings (SSSR count). The van der Waals surface area contributed by atoms with E-state index >= 15 is 0 Å². The molecule has 2 aliphatic heterocycles. The second-order valence-corrected chi connectivity index (χ2v) is 8.01. The molecule has 0 bridgehead atoms. The second kappa shape index (κ2) is 8.16. The highest BCUT2D eigenvalue weighted by Gasteiger charge is 2.42. The van der Waals surface area contributed by atoms with Crippen LogP contribution < -0.4 is 5.32 Å². The summed E-state index contributed by atoms with van der Waals surface area (Å²) < 4.78 is 25.4. The Labute approximate surface area is 179 Å². The predicted octanol–water partition coefficient (Wildman–Crippen LogP) is 4.63. The van der Waals surface area contributed by atoms with E-state index in [1.54, 1.807) is 18.3 Å². The van der Waals surface area contributed by atoms with E-state index in [0.29, 0.717) is 17.4 Å². The zero-order valence-electron chi connectivity index (χ0n) is 16.3. The molecule has 3 aromatic rings. The number of aromatic nitrogens is 1. The van der Waals surface area contributed by atoms with E-state index in [-0.39, 0.29) is 24.0 Å². The van der Waals surface area contributed by atoms with Gasteiger partial charge in [-0.1, -0.05) is 6.07 Å². The number of thiocarbonyl (C=S) groups is 1. The standard InChI is InChI=1S/C23H22FN3O2S/c24-16-8-6-15(7-9-16)19-10-11-20(29-19)22-21(18-5-1-2-12-25-18)26-23(30)27(22)14-17-4-3-13-28-17/h1-2,5-12,17,21-22H,3-4,13-14H2,(H,26,30). The summed E-state index contributed by atoms with van der Waals surface area (Å²) in [6, 6.07) is 15.8. The molecule has 3 unspecified atom stereocenters. The molecule has 0 radical (unpaired) electrons. The number of furan rings is 1. The molecule has 0 spiro atoms. The molecule has 154 valence electrons. The number of ether oxygens (including phenoxy) is 1. The molecule has 30 heavy (non-hydrogen) atoms. The monoisotopic (exact) mass is 423 g/mol. The molecule has 0 aliphatic carbocycles. The van der Waals surface area contributed by atoms with Crippen molar-refractivity contribution in [1.29, 1.82) is 0 Å². The molecular weight excluding hydrogens is 401 g/mol. The quantitative estimate of drug-likeness (QED) is 0.604. The summed E-state index contributed by atoms with van der Waals surface area (Å²) in [5.74, 6) is 1.21. The highest BCUT2D eigenvalue weighted by atomic mass is 32.1. The van der Waals surface area contributed by atoms with E-state index < -0.39 is 0 Å². The molecule has 5 nitrogen and oxygen atoms in total. The second-order valence-electron chi connectivity index (χ2n) is 7.62. The van der Waals surface area contributed by atoms with Crippen LogP contribution in [-0.2, 0) is 4.74 Å². The normalized spacial score (nSPS) is 23.7. The minimum absolute atomic E-state index is 0.132. The van der Waals surface area contributed by atoms with Gasteiger partial charge in [-0.2, -0.15) is 0 Å². The number of hydrogen-bond acceptors (Lipinski definition) is 4. The van der Waals surface area contributed by atoms with Crippen LogP contribution in [-0.4, -0.2) is 34.3 Å². The number of nitrogens with one attached hydrogen (secondary N) is 1. The zero-order valence-corrected chi connectivity index (χ0v) is 17.1. The van der Waals surface area contributed by atoms with Crippen LogP contribution in [0.3, 0.4) is 0 Å². The van der Waals surface area contributed by atoms with E-state index in [2.05, 4.69) is 15.2 Å². The lowest BCUT2D eigenvalue weighted by Crippen LogP contribution is -2.36. The van der Waals surface area contributed by atoms with Crippen molar-refractivity contribution < 1.29 is 13.5 Å². The molecule has 0 saturated carbocycles. The molecule has 1 aromatic carbocycles. The molecule has 1 N–H and O–H groups in total. The van der Waals surface area contributed by atoms with Crippen LogP contribution in [0.15, 0.2) is 65.2 Å². The number of rotatable bonds is 5. The van der Waals surface area contributed by atoms with Gasteiger partial charge < -0.3 is 19.4 Å². The Balaban J connectivity index is 1.50. The lowest BCUT2D eigenvalue weighted by molar-refractivity contribution is 0.0818. The topological polar surface area (TPSA) is 50.5 Å². The van der Waals surface area contributed by atoms with Gasteiger partial charge in [0.2, 0.25) is 0 Å². The van der Waals surface area contributed by atoms with Crippen LogP contribution in [0, 0.1) is 5.82 Å². The van der Waals surface area contributed by atoms with E-state index in [4.69, 9.17) is 21.4 Å². The Morgan fingerprint density at radius 2 is 2.00 bits per heavy atom. The Morgan fingerprint density at radius 1 is 1.13 bits per heavy atom. The molecule has 3 atom stereocenters. The summed E-state index contributed by atoms with van der Waals surface area (Å²) >= 11 is 5.69. The Bertz CT molecular complexity index is 1020. The third-order valence-corrected chi connectivity index (χ3v) is 6.02. The summed E-state index contributed by atoms with van der Waals surface area (Å²) in [7, 11) is 0. The van der Waals surface area contributed by atoms with Crippen molar-refractivity contribution in [3.05, 3.63) is 78.1 Å². The molecule has 2 aliphatic rings. The SMILES string of the molecule is Fc1ccc(-c2ccc(C3C(c4ccccn4)NC(=S)N3CC3CCCO3)o2)cc1.